The molecule has 0 unspecified atom stereocenters. The predicted octanol–water partition coefficient (Wildman–Crippen LogP) is 5.65. The summed E-state index contributed by atoms with van der Waals surface area (Å²) >= 11 is 0. The summed E-state index contributed by atoms with van der Waals surface area (Å²) in [7, 11) is 3.06. The molecule has 1 N–H and O–H groups in total. The fourth-order valence-corrected chi connectivity index (χ4v) is 5.66. The lowest BCUT2D eigenvalue weighted by Gasteiger charge is -2.27. The number of carbonyl (C=O) groups is 1. The van der Waals surface area contributed by atoms with Crippen molar-refractivity contribution in [2.75, 3.05) is 26.1 Å². The van der Waals surface area contributed by atoms with Crippen LogP contribution in [0, 0.1) is 6.92 Å². The number of nitrogens with zero attached hydrogens (tertiary/aromatic N) is 3. The summed E-state index contributed by atoms with van der Waals surface area (Å²) in [6.45, 7) is 3.33. The Kier molecular flexibility index (Phi) is 7.62. The van der Waals surface area contributed by atoms with Gasteiger partial charge in [-0.2, -0.15) is 0 Å². The van der Waals surface area contributed by atoms with Gasteiger partial charge in [0.15, 0.2) is 11.5 Å². The number of amides is 1. The van der Waals surface area contributed by atoms with Gasteiger partial charge in [0.2, 0.25) is 5.43 Å². The molecule has 10 nitrogen and oxygen atoms in total. The molecule has 0 saturated heterocycles. The number of nitrogens with one attached hydrogen (secondary N) is 1. The van der Waals surface area contributed by atoms with Gasteiger partial charge in [0.05, 0.1) is 38.6 Å². The minimum absolute atomic E-state index is 0.140. The van der Waals surface area contributed by atoms with Crippen LogP contribution in [0.2, 0.25) is 0 Å². The quantitative estimate of drug-likeness (QED) is 0.304. The maximum atomic E-state index is 13.8. The first-order valence-electron chi connectivity index (χ1n) is 14.0. The molecule has 42 heavy (non-hydrogen) atoms. The average Bonchev–Trinajstić information content (AvgIpc) is 3.02. The molecule has 0 spiro atoms. The molecule has 4 heterocycles. The number of fused-ring (bicyclic) bond motifs is 2. The summed E-state index contributed by atoms with van der Waals surface area (Å²) < 4.78 is 24.5. The lowest BCUT2D eigenvalue weighted by molar-refractivity contribution is 0.0800. The first-order valence-corrected chi connectivity index (χ1v) is 14.0. The van der Waals surface area contributed by atoms with Gasteiger partial charge < -0.3 is 28.8 Å². The van der Waals surface area contributed by atoms with Crippen LogP contribution in [0.25, 0.3) is 16.6 Å². The largest absolute Gasteiger partial charge is 0.491 e. The summed E-state index contributed by atoms with van der Waals surface area (Å²) in [5.74, 6) is 1.36. The highest BCUT2D eigenvalue weighted by Crippen LogP contribution is 2.34. The third-order valence-electron chi connectivity index (χ3n) is 7.73. The zero-order chi connectivity index (χ0) is 29.2. The van der Waals surface area contributed by atoms with Crippen LogP contribution in [-0.2, 0) is 17.9 Å². The normalized spacial score (nSPS) is 14.6. The van der Waals surface area contributed by atoms with Gasteiger partial charge in [0.25, 0.3) is 11.8 Å². The van der Waals surface area contributed by atoms with Crippen LogP contribution in [0.1, 0.15) is 53.0 Å². The van der Waals surface area contributed by atoms with Crippen molar-refractivity contribution in [3.63, 3.8) is 0 Å². The second-order valence-corrected chi connectivity index (χ2v) is 10.2. The first kappa shape index (κ1) is 27.5. The smallest absolute Gasteiger partial charge is 0.261 e. The summed E-state index contributed by atoms with van der Waals surface area (Å²) in [6.07, 6.45) is 7.72. The third kappa shape index (κ3) is 5.09. The highest BCUT2D eigenvalue weighted by molar-refractivity contribution is 6.05. The number of rotatable bonds is 7. The van der Waals surface area contributed by atoms with Gasteiger partial charge in [-0.15, -0.1) is 0 Å². The number of aromatic nitrogens is 3. The van der Waals surface area contributed by atoms with E-state index in [2.05, 4.69) is 25.9 Å². The van der Waals surface area contributed by atoms with Crippen molar-refractivity contribution in [1.29, 1.82) is 0 Å². The van der Waals surface area contributed by atoms with Crippen molar-refractivity contribution < 1.29 is 23.7 Å². The predicted molar refractivity (Wildman–Crippen MR) is 159 cm³/mol. The zero-order valence-electron chi connectivity index (χ0n) is 23.9. The molecule has 1 aliphatic heterocycles. The fraction of sp³-hybridized carbons (Fsp3) is 0.312. The summed E-state index contributed by atoms with van der Waals surface area (Å²) in [5.41, 5.74) is 4.75. The maximum absolute atomic E-state index is 13.8. The molecule has 2 aliphatic rings. The van der Waals surface area contributed by atoms with E-state index in [4.69, 9.17) is 18.9 Å². The summed E-state index contributed by atoms with van der Waals surface area (Å²) in [4.78, 5) is 36.3. The number of hydrogen-bond acceptors (Lipinski definition) is 8. The van der Waals surface area contributed by atoms with Gasteiger partial charge in [-0.1, -0.05) is 6.08 Å². The Hall–Kier alpha value is -4.70. The van der Waals surface area contributed by atoms with Crippen molar-refractivity contribution in [2.24, 2.45) is 0 Å². The van der Waals surface area contributed by atoms with Gasteiger partial charge in [-0.3, -0.25) is 14.6 Å². The van der Waals surface area contributed by atoms with E-state index in [9.17, 15) is 9.59 Å². The molecule has 0 bridgehead atoms. The van der Waals surface area contributed by atoms with Gasteiger partial charge >= 0.3 is 0 Å². The molecule has 0 atom stereocenters. The van der Waals surface area contributed by atoms with E-state index in [1.54, 1.807) is 42.6 Å². The molecule has 1 aliphatic carbocycles. The Labute approximate surface area is 242 Å². The molecular formula is C32H32N4O6. The van der Waals surface area contributed by atoms with Gasteiger partial charge in [0.1, 0.15) is 16.8 Å². The number of pyridine rings is 3. The number of allylic oxidation sites excluding steroid dienone is 2. The van der Waals surface area contributed by atoms with Crippen LogP contribution in [0.5, 0.6) is 23.1 Å². The molecule has 6 rings (SSSR count). The highest BCUT2D eigenvalue weighted by atomic mass is 16.5. The maximum Gasteiger partial charge on any atom is 0.261 e. The molecule has 4 aromatic rings. The number of anilines is 1. The molecule has 1 aromatic carbocycles. The van der Waals surface area contributed by atoms with Gasteiger partial charge in [0, 0.05) is 41.8 Å². The van der Waals surface area contributed by atoms with E-state index in [-0.39, 0.29) is 17.6 Å². The van der Waals surface area contributed by atoms with Crippen molar-refractivity contribution in [3.8, 4) is 23.1 Å². The molecule has 216 valence electrons. The Morgan fingerprint density at radius 1 is 1.07 bits per heavy atom. The number of carbonyl (C=O) groups excluding carboxylic acids is 1. The van der Waals surface area contributed by atoms with E-state index < -0.39 is 5.91 Å². The SMILES string of the molecule is COc1cc2nccc(Oc3ccc(NC(=O)c4c5n(c(C)c(C6=CCCCC6)c4=O)CCOC5)cc3)c2nc1OC. The monoisotopic (exact) mass is 568 g/mol. The van der Waals surface area contributed by atoms with Crippen molar-refractivity contribution >= 4 is 28.2 Å². The second-order valence-electron chi connectivity index (χ2n) is 10.2. The Morgan fingerprint density at radius 3 is 2.64 bits per heavy atom. The molecule has 10 heteroatoms. The van der Waals surface area contributed by atoms with Crippen LogP contribution in [-0.4, -0.2) is 41.3 Å². The third-order valence-corrected chi connectivity index (χ3v) is 7.73. The van der Waals surface area contributed by atoms with Crippen LogP contribution in [0.3, 0.4) is 0 Å². The molecule has 0 radical (unpaired) electrons. The van der Waals surface area contributed by atoms with E-state index in [1.807, 2.05) is 6.92 Å². The molecular weight excluding hydrogens is 536 g/mol. The van der Waals surface area contributed by atoms with E-state index in [0.29, 0.717) is 64.3 Å². The standard InChI is InChI=1S/C32H32N4O6/c1-19-27(20-7-5-4-6-8-20)30(37)28(24-18-41-16-15-36(19)24)31(38)34-21-9-11-22(12-10-21)42-25-13-14-33-23-17-26(39-2)32(40-3)35-29(23)25/h7,9-14,17H,4-6,8,15-16,18H2,1-3H3,(H,34,38). The number of benzene rings is 1. The van der Waals surface area contributed by atoms with E-state index in [1.165, 1.54) is 14.2 Å². The lowest BCUT2D eigenvalue weighted by atomic mass is 9.90. The molecule has 1 amide bonds. The number of hydrogen-bond donors (Lipinski definition) is 1. The zero-order valence-corrected chi connectivity index (χ0v) is 23.9. The average molecular weight is 569 g/mol. The number of ether oxygens (including phenoxy) is 4. The first-order chi connectivity index (χ1) is 20.5. The van der Waals surface area contributed by atoms with E-state index >= 15 is 0 Å². The van der Waals surface area contributed by atoms with Crippen LogP contribution < -0.4 is 25.0 Å². The Balaban J connectivity index is 1.27. The van der Waals surface area contributed by atoms with Gasteiger partial charge in [-0.25, -0.2) is 4.98 Å². The van der Waals surface area contributed by atoms with Crippen molar-refractivity contribution in [1.82, 2.24) is 14.5 Å². The Morgan fingerprint density at radius 2 is 1.90 bits per heavy atom. The second kappa shape index (κ2) is 11.7. The highest BCUT2D eigenvalue weighted by Gasteiger charge is 2.28. The molecule has 0 saturated carbocycles. The molecule has 3 aromatic heterocycles. The topological polar surface area (TPSA) is 114 Å². The summed E-state index contributed by atoms with van der Waals surface area (Å²) in [5, 5.41) is 2.91. The van der Waals surface area contributed by atoms with Gasteiger partial charge in [-0.05, 0) is 62.4 Å². The van der Waals surface area contributed by atoms with E-state index in [0.717, 1.165) is 37.0 Å². The Bertz CT molecular complexity index is 1760. The minimum Gasteiger partial charge on any atom is -0.491 e. The minimum atomic E-state index is -0.453. The number of methoxy groups -OCH3 is 2. The fourth-order valence-electron chi connectivity index (χ4n) is 5.66. The van der Waals surface area contributed by atoms with Crippen LogP contribution >= 0.6 is 0 Å². The van der Waals surface area contributed by atoms with Crippen molar-refractivity contribution in [2.45, 2.75) is 45.8 Å². The van der Waals surface area contributed by atoms with Crippen LogP contribution in [0.15, 0.2) is 53.5 Å². The summed E-state index contributed by atoms with van der Waals surface area (Å²) in [6, 6.07) is 10.4. The molecule has 0 fully saturated rings. The van der Waals surface area contributed by atoms with Crippen LogP contribution in [0.4, 0.5) is 5.69 Å². The lowest BCUT2D eigenvalue weighted by Crippen LogP contribution is -2.34. The van der Waals surface area contributed by atoms with Crippen molar-refractivity contribution in [3.05, 3.63) is 81.4 Å².